The lowest BCUT2D eigenvalue weighted by atomic mass is 10.0. The highest BCUT2D eigenvalue weighted by molar-refractivity contribution is 7.84. The SMILES string of the molecule is CS(=O)CCNC(=O)Cc1ccccc1CN. The highest BCUT2D eigenvalue weighted by Crippen LogP contribution is 2.08. The molecule has 17 heavy (non-hydrogen) atoms. The Morgan fingerprint density at radius 1 is 1.35 bits per heavy atom. The fourth-order valence-corrected chi connectivity index (χ4v) is 1.89. The minimum atomic E-state index is -0.869. The van der Waals surface area contributed by atoms with E-state index >= 15 is 0 Å². The van der Waals surface area contributed by atoms with Crippen molar-refractivity contribution < 1.29 is 9.00 Å². The quantitative estimate of drug-likeness (QED) is 0.761. The Hall–Kier alpha value is -1.20. The molecule has 94 valence electrons. The first-order valence-electron chi connectivity index (χ1n) is 5.47. The van der Waals surface area contributed by atoms with Crippen LogP contribution in [0.5, 0.6) is 0 Å². The van der Waals surface area contributed by atoms with Crippen molar-refractivity contribution >= 4 is 16.7 Å². The van der Waals surface area contributed by atoms with E-state index in [1.54, 1.807) is 6.26 Å². The van der Waals surface area contributed by atoms with Crippen LogP contribution in [0.1, 0.15) is 11.1 Å². The fourth-order valence-electron chi connectivity index (χ4n) is 1.50. The summed E-state index contributed by atoms with van der Waals surface area (Å²) in [5.74, 6) is 0.431. The topological polar surface area (TPSA) is 72.2 Å². The van der Waals surface area contributed by atoms with Gasteiger partial charge in [-0.1, -0.05) is 24.3 Å². The van der Waals surface area contributed by atoms with E-state index in [2.05, 4.69) is 5.32 Å². The van der Waals surface area contributed by atoms with E-state index in [1.165, 1.54) is 0 Å². The van der Waals surface area contributed by atoms with E-state index in [4.69, 9.17) is 5.73 Å². The summed E-state index contributed by atoms with van der Waals surface area (Å²) in [6, 6.07) is 7.62. The lowest BCUT2D eigenvalue weighted by Gasteiger charge is -2.08. The second-order valence-electron chi connectivity index (χ2n) is 3.78. The molecule has 3 N–H and O–H groups in total. The number of carbonyl (C=O) groups excluding carboxylic acids is 1. The van der Waals surface area contributed by atoms with Crippen molar-refractivity contribution in [2.24, 2.45) is 5.73 Å². The minimum absolute atomic E-state index is 0.0589. The van der Waals surface area contributed by atoms with Crippen LogP contribution in [0.15, 0.2) is 24.3 Å². The molecule has 0 spiro atoms. The van der Waals surface area contributed by atoms with Crippen LogP contribution in [0.2, 0.25) is 0 Å². The van der Waals surface area contributed by atoms with E-state index in [0.29, 0.717) is 25.3 Å². The molecule has 0 aliphatic carbocycles. The fraction of sp³-hybridized carbons (Fsp3) is 0.417. The molecular weight excluding hydrogens is 236 g/mol. The summed E-state index contributed by atoms with van der Waals surface area (Å²) in [6.07, 6.45) is 1.94. The summed E-state index contributed by atoms with van der Waals surface area (Å²) in [6.45, 7) is 0.884. The molecule has 5 heteroatoms. The number of carbonyl (C=O) groups is 1. The Bertz CT molecular complexity index is 407. The first-order valence-corrected chi connectivity index (χ1v) is 7.19. The molecule has 1 amide bonds. The van der Waals surface area contributed by atoms with Crippen molar-refractivity contribution in [2.75, 3.05) is 18.6 Å². The Morgan fingerprint density at radius 3 is 2.59 bits per heavy atom. The van der Waals surface area contributed by atoms with Gasteiger partial charge in [-0.05, 0) is 11.1 Å². The summed E-state index contributed by atoms with van der Waals surface area (Å²) in [4.78, 5) is 11.6. The van der Waals surface area contributed by atoms with Gasteiger partial charge in [-0.3, -0.25) is 9.00 Å². The number of rotatable bonds is 6. The molecule has 0 bridgehead atoms. The monoisotopic (exact) mass is 254 g/mol. The number of nitrogens with two attached hydrogens (primary N) is 1. The highest BCUT2D eigenvalue weighted by atomic mass is 32.2. The normalized spacial score (nSPS) is 12.1. The average Bonchev–Trinajstić information content (AvgIpc) is 2.29. The minimum Gasteiger partial charge on any atom is -0.355 e. The zero-order valence-corrected chi connectivity index (χ0v) is 10.8. The van der Waals surface area contributed by atoms with Crippen molar-refractivity contribution in [3.63, 3.8) is 0 Å². The summed E-state index contributed by atoms with van der Waals surface area (Å²) in [7, 11) is -0.869. The van der Waals surface area contributed by atoms with Crippen LogP contribution >= 0.6 is 0 Å². The van der Waals surface area contributed by atoms with Gasteiger partial charge in [-0.2, -0.15) is 0 Å². The molecule has 0 aromatic heterocycles. The van der Waals surface area contributed by atoms with Crippen LogP contribution in [0.3, 0.4) is 0 Å². The highest BCUT2D eigenvalue weighted by Gasteiger charge is 2.06. The van der Waals surface area contributed by atoms with Gasteiger partial charge in [0.05, 0.1) is 6.42 Å². The first kappa shape index (κ1) is 13.9. The predicted molar refractivity (Wildman–Crippen MR) is 70.0 cm³/mol. The smallest absolute Gasteiger partial charge is 0.224 e. The molecule has 0 saturated heterocycles. The van der Waals surface area contributed by atoms with Crippen LogP contribution in [0.25, 0.3) is 0 Å². The van der Waals surface area contributed by atoms with Gasteiger partial charge in [0, 0.05) is 35.9 Å². The number of nitrogens with one attached hydrogen (secondary N) is 1. The molecule has 1 atom stereocenters. The average molecular weight is 254 g/mol. The summed E-state index contributed by atoms with van der Waals surface area (Å²) in [5.41, 5.74) is 7.53. The third-order valence-electron chi connectivity index (χ3n) is 2.40. The Morgan fingerprint density at radius 2 is 2.00 bits per heavy atom. The molecule has 1 rings (SSSR count). The number of amides is 1. The molecule has 1 unspecified atom stereocenters. The van der Waals surface area contributed by atoms with Crippen molar-refractivity contribution in [2.45, 2.75) is 13.0 Å². The van der Waals surface area contributed by atoms with Gasteiger partial charge in [-0.25, -0.2) is 0 Å². The van der Waals surface area contributed by atoms with Gasteiger partial charge in [-0.15, -0.1) is 0 Å². The third-order valence-corrected chi connectivity index (χ3v) is 3.18. The molecule has 4 nitrogen and oxygen atoms in total. The van der Waals surface area contributed by atoms with Crippen LogP contribution in [0, 0.1) is 0 Å². The van der Waals surface area contributed by atoms with E-state index in [1.807, 2.05) is 24.3 Å². The maximum atomic E-state index is 11.6. The Labute approximate surface area is 104 Å². The van der Waals surface area contributed by atoms with Gasteiger partial charge >= 0.3 is 0 Å². The molecule has 0 aliphatic rings. The van der Waals surface area contributed by atoms with Gasteiger partial charge in [0.1, 0.15) is 0 Å². The van der Waals surface area contributed by atoms with E-state index in [9.17, 15) is 9.00 Å². The number of benzene rings is 1. The van der Waals surface area contributed by atoms with Gasteiger partial charge in [0.2, 0.25) is 5.91 Å². The maximum absolute atomic E-state index is 11.6. The maximum Gasteiger partial charge on any atom is 0.224 e. The second kappa shape index (κ2) is 7.19. The Balaban J connectivity index is 2.47. The van der Waals surface area contributed by atoms with Crippen LogP contribution in [-0.4, -0.2) is 28.7 Å². The summed E-state index contributed by atoms with van der Waals surface area (Å²) in [5, 5.41) is 2.74. The molecule has 0 aliphatic heterocycles. The van der Waals surface area contributed by atoms with Crippen LogP contribution in [0.4, 0.5) is 0 Å². The first-order chi connectivity index (χ1) is 8.13. The Kier molecular flexibility index (Phi) is 5.86. The van der Waals surface area contributed by atoms with E-state index in [0.717, 1.165) is 11.1 Å². The predicted octanol–water partition coefficient (Wildman–Crippen LogP) is 0.182. The molecule has 0 saturated carbocycles. The lowest BCUT2D eigenvalue weighted by Crippen LogP contribution is -2.29. The molecule has 0 fully saturated rings. The van der Waals surface area contributed by atoms with E-state index < -0.39 is 10.8 Å². The molecule has 1 aromatic rings. The molecule has 0 heterocycles. The van der Waals surface area contributed by atoms with Gasteiger partial charge in [0.25, 0.3) is 0 Å². The van der Waals surface area contributed by atoms with E-state index in [-0.39, 0.29) is 5.91 Å². The number of hydrogen-bond acceptors (Lipinski definition) is 3. The van der Waals surface area contributed by atoms with Crippen LogP contribution in [-0.2, 0) is 28.6 Å². The molecule has 1 aromatic carbocycles. The van der Waals surface area contributed by atoms with Crippen molar-refractivity contribution in [1.29, 1.82) is 0 Å². The van der Waals surface area contributed by atoms with Gasteiger partial charge in [0.15, 0.2) is 0 Å². The largest absolute Gasteiger partial charge is 0.355 e. The standard InChI is InChI=1S/C12H18N2O2S/c1-17(16)7-6-14-12(15)8-10-4-2-3-5-11(10)9-13/h2-5H,6-9,13H2,1H3,(H,14,15). The van der Waals surface area contributed by atoms with Crippen molar-refractivity contribution in [3.05, 3.63) is 35.4 Å². The van der Waals surface area contributed by atoms with Crippen LogP contribution < -0.4 is 11.1 Å². The summed E-state index contributed by atoms with van der Waals surface area (Å²) < 4.78 is 10.8. The summed E-state index contributed by atoms with van der Waals surface area (Å²) >= 11 is 0. The third kappa shape index (κ3) is 5.10. The van der Waals surface area contributed by atoms with Crippen molar-refractivity contribution in [3.8, 4) is 0 Å². The zero-order valence-electron chi connectivity index (χ0n) is 9.94. The number of hydrogen-bond donors (Lipinski definition) is 2. The molecule has 0 radical (unpaired) electrons. The van der Waals surface area contributed by atoms with Crippen molar-refractivity contribution in [1.82, 2.24) is 5.32 Å². The zero-order chi connectivity index (χ0) is 12.7. The second-order valence-corrected chi connectivity index (χ2v) is 5.33. The molecular formula is C12H18N2O2S. The lowest BCUT2D eigenvalue weighted by molar-refractivity contribution is -0.120. The van der Waals surface area contributed by atoms with Gasteiger partial charge < -0.3 is 11.1 Å².